The van der Waals surface area contributed by atoms with Crippen molar-refractivity contribution >= 4 is 35.6 Å². The van der Waals surface area contributed by atoms with Crippen LogP contribution in [-0.4, -0.2) is 46.4 Å². The maximum absolute atomic E-state index is 4.79. The van der Waals surface area contributed by atoms with Gasteiger partial charge in [-0.2, -0.15) is 5.10 Å². The Morgan fingerprint density at radius 2 is 1.91 bits per heavy atom. The number of nitrogens with one attached hydrogen (secondary N) is 2. The van der Waals surface area contributed by atoms with E-state index in [0.29, 0.717) is 12.6 Å². The molecule has 1 aliphatic heterocycles. The fourth-order valence-electron chi connectivity index (χ4n) is 4.05. The summed E-state index contributed by atoms with van der Waals surface area (Å²) in [5.41, 5.74) is 5.72. The molecule has 3 aromatic rings. The lowest BCUT2D eigenvalue weighted by Crippen LogP contribution is -2.44. The quantitative estimate of drug-likeness (QED) is 0.270. The molecule has 0 saturated carbocycles. The summed E-state index contributed by atoms with van der Waals surface area (Å²) < 4.78 is 1.87. The molecule has 1 aliphatic rings. The Morgan fingerprint density at radius 3 is 2.55 bits per heavy atom. The molecule has 176 valence electrons. The van der Waals surface area contributed by atoms with Crippen molar-refractivity contribution in [1.82, 2.24) is 25.4 Å². The third kappa shape index (κ3) is 6.46. The number of hydrogen-bond donors (Lipinski definition) is 2. The summed E-state index contributed by atoms with van der Waals surface area (Å²) in [4.78, 5) is 11.8. The van der Waals surface area contributed by atoms with Crippen molar-refractivity contribution in [3.05, 3.63) is 71.2 Å². The van der Waals surface area contributed by atoms with Gasteiger partial charge in [0.15, 0.2) is 11.8 Å². The van der Waals surface area contributed by atoms with E-state index >= 15 is 0 Å². The minimum atomic E-state index is 0. The maximum atomic E-state index is 4.79. The highest BCUT2D eigenvalue weighted by molar-refractivity contribution is 14.0. The standard InChI is InChI=1S/C25H33N7.HI/c1-5-26-25(29-22-12-13-31(17-22)23-9-6-18(2)7-10-23)28-16-21-8-11-24(27-15-21)32-20(4)14-19(3)30-32;/h6-11,14-15,22H,5,12-13,16-17H2,1-4H3,(H2,26,28,29);1H. The molecule has 2 aromatic heterocycles. The van der Waals surface area contributed by atoms with Crippen molar-refractivity contribution in [3.63, 3.8) is 0 Å². The molecule has 0 radical (unpaired) electrons. The molecule has 0 bridgehead atoms. The van der Waals surface area contributed by atoms with Crippen LogP contribution in [0.25, 0.3) is 5.82 Å². The third-order valence-corrected chi connectivity index (χ3v) is 5.73. The molecule has 8 heteroatoms. The predicted octanol–water partition coefficient (Wildman–Crippen LogP) is 4.14. The minimum Gasteiger partial charge on any atom is -0.369 e. The second-order valence-corrected chi connectivity index (χ2v) is 8.47. The molecule has 1 saturated heterocycles. The summed E-state index contributed by atoms with van der Waals surface area (Å²) in [6.07, 6.45) is 2.98. The van der Waals surface area contributed by atoms with Gasteiger partial charge in [-0.3, -0.25) is 0 Å². The van der Waals surface area contributed by atoms with E-state index in [-0.39, 0.29) is 24.0 Å². The zero-order valence-corrected chi connectivity index (χ0v) is 22.2. The number of hydrogen-bond acceptors (Lipinski definition) is 4. The Balaban J connectivity index is 0.00000306. The van der Waals surface area contributed by atoms with Crippen LogP contribution in [0.2, 0.25) is 0 Å². The minimum absolute atomic E-state index is 0. The van der Waals surface area contributed by atoms with Gasteiger partial charge in [0.1, 0.15) is 0 Å². The topological polar surface area (TPSA) is 70.4 Å². The largest absolute Gasteiger partial charge is 0.369 e. The first-order valence-corrected chi connectivity index (χ1v) is 11.4. The molecule has 4 rings (SSSR count). The van der Waals surface area contributed by atoms with E-state index in [9.17, 15) is 0 Å². The number of aliphatic imine (C=N–C) groups is 1. The summed E-state index contributed by atoms with van der Waals surface area (Å²) in [5, 5.41) is 11.5. The Bertz CT molecular complexity index is 1060. The number of aromatic nitrogens is 3. The van der Waals surface area contributed by atoms with E-state index in [1.54, 1.807) is 0 Å². The van der Waals surface area contributed by atoms with Crippen molar-refractivity contribution in [3.8, 4) is 5.82 Å². The molecule has 1 atom stereocenters. The normalized spacial score (nSPS) is 15.9. The highest BCUT2D eigenvalue weighted by atomic mass is 127. The number of guanidine groups is 1. The summed E-state index contributed by atoms with van der Waals surface area (Å²) in [6.45, 7) is 11.7. The monoisotopic (exact) mass is 559 g/mol. The second kappa shape index (κ2) is 11.5. The fraction of sp³-hybridized carbons (Fsp3) is 0.400. The Labute approximate surface area is 213 Å². The zero-order valence-electron chi connectivity index (χ0n) is 19.9. The molecule has 33 heavy (non-hydrogen) atoms. The molecular formula is C25H34IN7. The summed E-state index contributed by atoms with van der Waals surface area (Å²) >= 11 is 0. The molecule has 1 fully saturated rings. The van der Waals surface area contributed by atoms with Crippen LogP contribution in [-0.2, 0) is 6.54 Å². The molecule has 3 heterocycles. The molecule has 1 aromatic carbocycles. The van der Waals surface area contributed by atoms with E-state index in [1.165, 1.54) is 11.3 Å². The number of aryl methyl sites for hydroxylation is 3. The maximum Gasteiger partial charge on any atom is 0.191 e. The highest BCUT2D eigenvalue weighted by Crippen LogP contribution is 2.20. The van der Waals surface area contributed by atoms with E-state index in [1.807, 2.05) is 30.8 Å². The van der Waals surface area contributed by atoms with Crippen LogP contribution in [0.5, 0.6) is 0 Å². The van der Waals surface area contributed by atoms with Crippen LogP contribution in [0.4, 0.5) is 5.69 Å². The van der Waals surface area contributed by atoms with Gasteiger partial charge in [0.05, 0.1) is 12.2 Å². The van der Waals surface area contributed by atoms with Crippen molar-refractivity contribution in [2.75, 3.05) is 24.5 Å². The molecule has 7 nitrogen and oxygen atoms in total. The van der Waals surface area contributed by atoms with Gasteiger partial charge in [-0.15, -0.1) is 24.0 Å². The van der Waals surface area contributed by atoms with Crippen LogP contribution in [0.3, 0.4) is 0 Å². The summed E-state index contributed by atoms with van der Waals surface area (Å²) in [5.74, 6) is 1.68. The van der Waals surface area contributed by atoms with Crippen LogP contribution < -0.4 is 15.5 Å². The van der Waals surface area contributed by atoms with Crippen LogP contribution in [0, 0.1) is 20.8 Å². The lowest BCUT2D eigenvalue weighted by molar-refractivity contribution is 0.649. The smallest absolute Gasteiger partial charge is 0.191 e. The van der Waals surface area contributed by atoms with Gasteiger partial charge >= 0.3 is 0 Å². The Morgan fingerprint density at radius 1 is 1.12 bits per heavy atom. The summed E-state index contributed by atoms with van der Waals surface area (Å²) in [6, 6.07) is 15.3. The van der Waals surface area contributed by atoms with E-state index in [0.717, 1.165) is 54.8 Å². The highest BCUT2D eigenvalue weighted by Gasteiger charge is 2.23. The van der Waals surface area contributed by atoms with Gasteiger partial charge in [-0.25, -0.2) is 14.7 Å². The van der Waals surface area contributed by atoms with E-state index in [2.05, 4.69) is 75.9 Å². The number of halogens is 1. The van der Waals surface area contributed by atoms with Gasteiger partial charge in [0.25, 0.3) is 0 Å². The molecule has 0 amide bonds. The first kappa shape index (κ1) is 25.0. The van der Waals surface area contributed by atoms with Gasteiger partial charge in [-0.1, -0.05) is 23.8 Å². The lowest BCUT2D eigenvalue weighted by Gasteiger charge is -2.20. The molecule has 0 spiro atoms. The van der Waals surface area contributed by atoms with E-state index < -0.39 is 0 Å². The molecule has 1 unspecified atom stereocenters. The van der Waals surface area contributed by atoms with Crippen molar-refractivity contribution in [2.45, 2.75) is 46.7 Å². The van der Waals surface area contributed by atoms with Gasteiger partial charge in [-0.05, 0) is 63.9 Å². The van der Waals surface area contributed by atoms with Gasteiger partial charge in [0.2, 0.25) is 0 Å². The lowest BCUT2D eigenvalue weighted by atomic mass is 10.2. The predicted molar refractivity (Wildman–Crippen MR) is 146 cm³/mol. The van der Waals surface area contributed by atoms with E-state index in [4.69, 9.17) is 4.99 Å². The van der Waals surface area contributed by atoms with Gasteiger partial charge < -0.3 is 15.5 Å². The first-order chi connectivity index (χ1) is 15.5. The SMILES string of the molecule is CCNC(=NCc1ccc(-n2nc(C)cc2C)nc1)NC1CCN(c2ccc(C)cc2)C1.I. The number of nitrogens with zero attached hydrogens (tertiary/aromatic N) is 5. The Kier molecular flexibility index (Phi) is 8.71. The van der Waals surface area contributed by atoms with Crippen LogP contribution in [0.15, 0.2) is 53.7 Å². The molecular weight excluding hydrogens is 525 g/mol. The molecule has 2 N–H and O–H groups in total. The number of anilines is 1. The number of rotatable bonds is 6. The van der Waals surface area contributed by atoms with Crippen molar-refractivity contribution < 1.29 is 0 Å². The third-order valence-electron chi connectivity index (χ3n) is 5.73. The Hall–Kier alpha value is -2.62. The van der Waals surface area contributed by atoms with Crippen LogP contribution >= 0.6 is 24.0 Å². The average molecular weight is 560 g/mol. The number of benzene rings is 1. The van der Waals surface area contributed by atoms with Crippen molar-refractivity contribution in [1.29, 1.82) is 0 Å². The zero-order chi connectivity index (χ0) is 22.5. The first-order valence-electron chi connectivity index (χ1n) is 11.4. The average Bonchev–Trinajstić information content (AvgIpc) is 3.39. The van der Waals surface area contributed by atoms with Crippen LogP contribution in [0.1, 0.15) is 35.9 Å². The van der Waals surface area contributed by atoms with Gasteiger partial charge in [0, 0.05) is 43.3 Å². The summed E-state index contributed by atoms with van der Waals surface area (Å²) in [7, 11) is 0. The second-order valence-electron chi connectivity index (χ2n) is 8.47. The molecule has 0 aliphatic carbocycles. The fourth-order valence-corrected chi connectivity index (χ4v) is 4.05. The van der Waals surface area contributed by atoms with Crippen molar-refractivity contribution in [2.24, 2.45) is 4.99 Å². The number of pyridine rings is 1.